The average molecular weight is 660 g/mol. The van der Waals surface area contributed by atoms with E-state index in [2.05, 4.69) is 26.3 Å². The minimum absolute atomic E-state index is 0.0608. The molecule has 1 aliphatic rings. The van der Waals surface area contributed by atoms with Crippen LogP contribution in [0.1, 0.15) is 54.4 Å². The smallest absolute Gasteiger partial charge is 0.408 e. The molecule has 0 spiro atoms. The van der Waals surface area contributed by atoms with Crippen LogP contribution in [0.25, 0.3) is 0 Å². The molecule has 1 fully saturated rings. The lowest BCUT2D eigenvalue weighted by molar-refractivity contribution is -0.140. The number of alkyl carbamates (subject to hydrolysis) is 1. The number of carboxylic acid groups (broad SMARTS) is 1. The van der Waals surface area contributed by atoms with Crippen molar-refractivity contribution in [1.82, 2.24) is 26.3 Å². The molecule has 1 aromatic heterocycles. The number of carboxylic acids is 1. The Bertz CT molecular complexity index is 1480. The van der Waals surface area contributed by atoms with Crippen LogP contribution in [0.15, 0.2) is 73.1 Å². The van der Waals surface area contributed by atoms with Gasteiger partial charge in [-0.3, -0.25) is 19.4 Å². The van der Waals surface area contributed by atoms with E-state index in [1.165, 1.54) is 12.8 Å². The van der Waals surface area contributed by atoms with E-state index in [0.717, 1.165) is 47.5 Å². The van der Waals surface area contributed by atoms with E-state index in [1.807, 2.05) is 43.3 Å². The van der Waals surface area contributed by atoms with Crippen molar-refractivity contribution >= 4 is 23.9 Å². The Morgan fingerprint density at radius 2 is 1.77 bits per heavy atom. The molecular weight excluding hydrogens is 614 g/mol. The zero-order chi connectivity index (χ0) is 34.1. The summed E-state index contributed by atoms with van der Waals surface area (Å²) in [5.74, 6) is -1.24. The molecule has 3 amide bonds. The Labute approximate surface area is 281 Å². The lowest BCUT2D eigenvalue weighted by atomic mass is 9.97. The molecule has 0 bridgehead atoms. The van der Waals surface area contributed by atoms with Crippen LogP contribution in [0.5, 0.6) is 5.75 Å². The first-order valence-corrected chi connectivity index (χ1v) is 16.4. The van der Waals surface area contributed by atoms with Gasteiger partial charge in [-0.15, -0.1) is 0 Å². The number of rotatable bonds is 17. The van der Waals surface area contributed by atoms with E-state index >= 15 is 0 Å². The van der Waals surface area contributed by atoms with Crippen LogP contribution in [-0.2, 0) is 38.7 Å². The highest BCUT2D eigenvalue weighted by molar-refractivity contribution is 5.93. The molecule has 48 heavy (non-hydrogen) atoms. The van der Waals surface area contributed by atoms with Gasteiger partial charge in [-0.25, -0.2) is 4.79 Å². The number of nitrogens with zero attached hydrogens (tertiary/aromatic N) is 1. The van der Waals surface area contributed by atoms with E-state index in [0.29, 0.717) is 18.9 Å². The molecule has 0 radical (unpaired) electrons. The van der Waals surface area contributed by atoms with Crippen molar-refractivity contribution in [3.8, 4) is 5.75 Å². The molecule has 4 rings (SSSR count). The van der Waals surface area contributed by atoms with Gasteiger partial charge in [-0.2, -0.15) is 0 Å². The average Bonchev–Trinajstić information content (AvgIpc) is 3.10. The maximum absolute atomic E-state index is 13.5. The van der Waals surface area contributed by atoms with E-state index in [1.54, 1.807) is 36.7 Å². The normalized spacial score (nSPS) is 15.4. The summed E-state index contributed by atoms with van der Waals surface area (Å²) in [7, 11) is 0. The summed E-state index contributed by atoms with van der Waals surface area (Å²) in [6.07, 6.45) is 5.64. The second kappa shape index (κ2) is 19.0. The predicted octanol–water partition coefficient (Wildman–Crippen LogP) is 3.66. The number of aromatic nitrogens is 1. The molecule has 3 aromatic rings. The van der Waals surface area contributed by atoms with Gasteiger partial charge in [-0.05, 0) is 105 Å². The van der Waals surface area contributed by atoms with Crippen molar-refractivity contribution in [3.63, 3.8) is 0 Å². The number of piperidine rings is 1. The number of nitrogens with one attached hydrogen (secondary N) is 4. The summed E-state index contributed by atoms with van der Waals surface area (Å²) < 4.78 is 11.2. The Morgan fingerprint density at radius 1 is 0.979 bits per heavy atom. The van der Waals surface area contributed by atoms with Crippen molar-refractivity contribution < 1.29 is 33.8 Å². The highest BCUT2D eigenvalue weighted by Gasteiger charge is 2.29. The summed E-state index contributed by atoms with van der Waals surface area (Å²) in [6.45, 7) is 4.77. The summed E-state index contributed by atoms with van der Waals surface area (Å²) in [5, 5.41) is 20.8. The fourth-order valence-electron chi connectivity index (χ4n) is 5.44. The number of amides is 3. The number of carbonyl (C=O) groups is 4. The van der Waals surface area contributed by atoms with Gasteiger partial charge in [0.1, 0.15) is 24.4 Å². The third-order valence-electron chi connectivity index (χ3n) is 8.27. The number of benzene rings is 2. The number of hydrogen-bond donors (Lipinski definition) is 5. The zero-order valence-corrected chi connectivity index (χ0v) is 27.3. The SMILES string of the molecule is Cc1ccc(OCCC2CCCNC2)cc1CNC(=O)C(CCc1ccncc1)NC(=O)[C@H](CC(=O)O)NC(=O)OCc1ccccc1. The van der Waals surface area contributed by atoms with Crippen molar-refractivity contribution in [2.24, 2.45) is 5.92 Å². The molecule has 1 saturated heterocycles. The van der Waals surface area contributed by atoms with Crippen LogP contribution in [0, 0.1) is 12.8 Å². The van der Waals surface area contributed by atoms with E-state index < -0.39 is 42.4 Å². The number of carbonyl (C=O) groups excluding carboxylic acids is 3. The monoisotopic (exact) mass is 659 g/mol. The van der Waals surface area contributed by atoms with Crippen LogP contribution >= 0.6 is 0 Å². The predicted molar refractivity (Wildman–Crippen MR) is 179 cm³/mol. The van der Waals surface area contributed by atoms with Crippen molar-refractivity contribution in [1.29, 1.82) is 0 Å². The summed E-state index contributed by atoms with van der Waals surface area (Å²) >= 11 is 0. The van der Waals surface area contributed by atoms with Crippen molar-refractivity contribution in [3.05, 3.63) is 95.3 Å². The van der Waals surface area contributed by atoms with Gasteiger partial charge in [0.2, 0.25) is 11.8 Å². The quantitative estimate of drug-likeness (QED) is 0.145. The number of pyridine rings is 1. The Morgan fingerprint density at radius 3 is 2.50 bits per heavy atom. The van der Waals surface area contributed by atoms with Gasteiger partial charge in [-0.1, -0.05) is 36.4 Å². The first kappa shape index (κ1) is 35.9. The standard InChI is InChI=1S/C36H45N5O7/c1-25-9-11-30(47-19-15-27-8-5-16-38-22-27)20-29(25)23-39-34(44)31(12-10-26-13-17-37-18-14-26)40-35(45)32(21-33(42)43)41-36(46)48-24-28-6-3-2-4-7-28/h2-4,6-7,9,11,13-14,17-18,20,27,31-32,38H,5,8,10,12,15-16,19,21-24H2,1H3,(H,39,44)(H,40,45)(H,41,46)(H,42,43)/t27?,31?,32-/m0/s1. The maximum Gasteiger partial charge on any atom is 0.408 e. The molecule has 0 saturated carbocycles. The third kappa shape index (κ3) is 12.3. The Balaban J connectivity index is 1.38. The van der Waals surface area contributed by atoms with Crippen LogP contribution in [-0.4, -0.2) is 65.7 Å². The Kier molecular flexibility index (Phi) is 14.2. The maximum atomic E-state index is 13.5. The van der Waals surface area contributed by atoms with Gasteiger partial charge >= 0.3 is 12.1 Å². The molecule has 0 aliphatic carbocycles. The molecule has 2 aromatic carbocycles. The van der Waals surface area contributed by atoms with Gasteiger partial charge in [0.05, 0.1) is 13.0 Å². The second-order valence-corrected chi connectivity index (χ2v) is 12.0. The first-order valence-electron chi connectivity index (χ1n) is 16.4. The first-order chi connectivity index (χ1) is 23.3. The summed E-state index contributed by atoms with van der Waals surface area (Å²) in [5.41, 5.74) is 3.47. The lowest BCUT2D eigenvalue weighted by Crippen LogP contribution is -2.54. The van der Waals surface area contributed by atoms with Crippen LogP contribution in [0.4, 0.5) is 4.79 Å². The zero-order valence-electron chi connectivity index (χ0n) is 27.3. The molecule has 3 atom stereocenters. The lowest BCUT2D eigenvalue weighted by Gasteiger charge is -2.23. The highest BCUT2D eigenvalue weighted by atomic mass is 16.5. The molecule has 2 heterocycles. The van der Waals surface area contributed by atoms with Gasteiger partial charge in [0.15, 0.2) is 0 Å². The molecule has 5 N–H and O–H groups in total. The number of aryl methyl sites for hydroxylation is 2. The molecule has 2 unspecified atom stereocenters. The van der Waals surface area contributed by atoms with E-state index in [9.17, 15) is 24.3 Å². The minimum atomic E-state index is -1.47. The summed E-state index contributed by atoms with van der Waals surface area (Å²) in [6, 6.07) is 15.8. The van der Waals surface area contributed by atoms with E-state index in [-0.39, 0.29) is 19.6 Å². The van der Waals surface area contributed by atoms with Crippen molar-refractivity contribution in [2.75, 3.05) is 19.7 Å². The minimum Gasteiger partial charge on any atom is -0.494 e. The van der Waals surface area contributed by atoms with Crippen LogP contribution < -0.4 is 26.0 Å². The molecule has 12 heteroatoms. The fraction of sp³-hybridized carbons (Fsp3) is 0.417. The van der Waals surface area contributed by atoms with Crippen LogP contribution in [0.3, 0.4) is 0 Å². The second-order valence-electron chi connectivity index (χ2n) is 12.0. The topological polar surface area (TPSA) is 168 Å². The van der Waals surface area contributed by atoms with Gasteiger partial charge in [0.25, 0.3) is 0 Å². The van der Waals surface area contributed by atoms with E-state index in [4.69, 9.17) is 9.47 Å². The highest BCUT2D eigenvalue weighted by Crippen LogP contribution is 2.20. The van der Waals surface area contributed by atoms with Gasteiger partial charge in [0, 0.05) is 18.9 Å². The molecule has 12 nitrogen and oxygen atoms in total. The number of hydrogen-bond acceptors (Lipinski definition) is 8. The molecular formula is C36H45N5O7. The van der Waals surface area contributed by atoms with Gasteiger partial charge < -0.3 is 35.8 Å². The van der Waals surface area contributed by atoms with Crippen LogP contribution in [0.2, 0.25) is 0 Å². The molecule has 1 aliphatic heterocycles. The summed E-state index contributed by atoms with van der Waals surface area (Å²) in [4.78, 5) is 55.0. The van der Waals surface area contributed by atoms with Crippen molar-refractivity contribution in [2.45, 2.75) is 70.7 Å². The fourth-order valence-corrected chi connectivity index (χ4v) is 5.44. The Hall–Kier alpha value is -4.97. The molecule has 256 valence electrons. The largest absolute Gasteiger partial charge is 0.494 e. The third-order valence-corrected chi connectivity index (χ3v) is 8.27. The number of aliphatic carboxylic acids is 1. The number of ether oxygens (including phenoxy) is 2.